The Morgan fingerprint density at radius 2 is 1.85 bits per heavy atom. The van der Waals surface area contributed by atoms with Crippen LogP contribution in [0.5, 0.6) is 11.5 Å². The number of anilines is 1. The van der Waals surface area contributed by atoms with Gasteiger partial charge >= 0.3 is 0 Å². The minimum absolute atomic E-state index is 0.0711. The van der Waals surface area contributed by atoms with E-state index >= 15 is 0 Å². The number of hydrogen-bond donors (Lipinski definition) is 1. The predicted molar refractivity (Wildman–Crippen MR) is 101 cm³/mol. The molecule has 0 atom stereocenters. The van der Waals surface area contributed by atoms with Crippen LogP contribution in [0.2, 0.25) is 0 Å². The van der Waals surface area contributed by atoms with Crippen molar-refractivity contribution in [2.24, 2.45) is 0 Å². The topological polar surface area (TPSA) is 77.5 Å². The smallest absolute Gasteiger partial charge is 0.264 e. The number of carbonyl (C=O) groups excluding carboxylic acids is 2. The number of ketones is 1. The zero-order valence-electron chi connectivity index (χ0n) is 14.4. The molecular formula is C19H18N2O4S. The van der Waals surface area contributed by atoms with Gasteiger partial charge in [0.15, 0.2) is 17.5 Å². The summed E-state index contributed by atoms with van der Waals surface area (Å²) in [5.41, 5.74) is 1.43. The molecule has 26 heavy (non-hydrogen) atoms. The Hall–Kier alpha value is -2.93. The highest BCUT2D eigenvalue weighted by Gasteiger charge is 2.10. The van der Waals surface area contributed by atoms with Crippen LogP contribution in [0.1, 0.15) is 23.7 Å². The average Bonchev–Trinajstić information content (AvgIpc) is 3.07. The van der Waals surface area contributed by atoms with Crippen molar-refractivity contribution in [2.75, 3.05) is 19.0 Å². The summed E-state index contributed by atoms with van der Waals surface area (Å²) in [6.07, 6.45) is 0.455. The molecule has 1 heterocycles. The Kier molecular flexibility index (Phi) is 5.48. The minimum atomic E-state index is -0.301. The fraction of sp³-hybridized carbons (Fsp3) is 0.211. The quantitative estimate of drug-likeness (QED) is 0.638. The van der Waals surface area contributed by atoms with E-state index < -0.39 is 0 Å². The van der Waals surface area contributed by atoms with E-state index in [0.717, 1.165) is 16.0 Å². The van der Waals surface area contributed by atoms with Crippen molar-refractivity contribution >= 4 is 38.4 Å². The highest BCUT2D eigenvalue weighted by molar-refractivity contribution is 7.22. The van der Waals surface area contributed by atoms with Gasteiger partial charge in [0.25, 0.3) is 5.91 Å². The molecule has 0 saturated carbocycles. The lowest BCUT2D eigenvalue weighted by Crippen LogP contribution is -2.20. The lowest BCUT2D eigenvalue weighted by molar-refractivity contribution is -0.118. The highest BCUT2D eigenvalue weighted by atomic mass is 32.1. The summed E-state index contributed by atoms with van der Waals surface area (Å²) in [5, 5.41) is 3.23. The van der Waals surface area contributed by atoms with Gasteiger partial charge in [-0.1, -0.05) is 18.3 Å². The van der Waals surface area contributed by atoms with Gasteiger partial charge in [-0.2, -0.15) is 0 Å². The maximum atomic E-state index is 12.1. The number of hydrogen-bond acceptors (Lipinski definition) is 6. The Morgan fingerprint density at radius 1 is 1.12 bits per heavy atom. The molecule has 7 heteroatoms. The van der Waals surface area contributed by atoms with Crippen molar-refractivity contribution in [3.05, 3.63) is 48.0 Å². The van der Waals surface area contributed by atoms with Gasteiger partial charge in [-0.25, -0.2) is 4.98 Å². The molecule has 134 valence electrons. The summed E-state index contributed by atoms with van der Waals surface area (Å²) in [6.45, 7) is 1.68. The Morgan fingerprint density at radius 3 is 2.54 bits per heavy atom. The van der Waals surface area contributed by atoms with Crippen LogP contribution in [-0.4, -0.2) is 30.4 Å². The van der Waals surface area contributed by atoms with Gasteiger partial charge in [0.2, 0.25) is 0 Å². The zero-order chi connectivity index (χ0) is 18.5. The molecule has 1 aromatic heterocycles. The lowest BCUT2D eigenvalue weighted by Gasteiger charge is -2.06. The maximum Gasteiger partial charge on any atom is 0.264 e. The van der Waals surface area contributed by atoms with Gasteiger partial charge in [-0.15, -0.1) is 0 Å². The number of carbonyl (C=O) groups is 2. The fourth-order valence-corrected chi connectivity index (χ4v) is 3.24. The van der Waals surface area contributed by atoms with Crippen LogP contribution in [0.25, 0.3) is 10.2 Å². The van der Waals surface area contributed by atoms with Crippen LogP contribution in [0.4, 0.5) is 5.13 Å². The molecular weight excluding hydrogens is 352 g/mol. The van der Waals surface area contributed by atoms with Crippen LogP contribution in [0.3, 0.4) is 0 Å². The number of amides is 1. The summed E-state index contributed by atoms with van der Waals surface area (Å²) in [6, 6.07) is 12.3. The molecule has 0 aliphatic carbocycles. The van der Waals surface area contributed by atoms with Crippen LogP contribution in [0.15, 0.2) is 42.5 Å². The number of benzene rings is 2. The van der Waals surface area contributed by atoms with Crippen LogP contribution >= 0.6 is 11.3 Å². The molecule has 0 fully saturated rings. The molecule has 3 aromatic rings. The number of fused-ring (bicyclic) bond motifs is 1. The SMILES string of the molecule is CCC(=O)c1ccc(OCC(=O)Nc2nc3ccc(OC)cc3s2)cc1. The number of Topliss-reactive ketones (excluding diaryl/α,β-unsaturated/α-hetero) is 1. The molecule has 0 aliphatic heterocycles. The normalized spacial score (nSPS) is 10.5. The number of aromatic nitrogens is 1. The van der Waals surface area contributed by atoms with E-state index in [9.17, 15) is 9.59 Å². The number of ether oxygens (including phenoxy) is 2. The Bertz CT molecular complexity index is 934. The van der Waals surface area contributed by atoms with Crippen LogP contribution < -0.4 is 14.8 Å². The third kappa shape index (κ3) is 4.18. The maximum absolute atomic E-state index is 12.1. The molecule has 2 aromatic carbocycles. The third-order valence-electron chi connectivity index (χ3n) is 3.71. The standard InChI is InChI=1S/C19H18N2O4S/c1-3-16(22)12-4-6-13(7-5-12)25-11-18(23)21-19-20-15-9-8-14(24-2)10-17(15)26-19/h4-10H,3,11H2,1-2H3,(H,20,21,23). The first kappa shape index (κ1) is 17.9. The summed E-state index contributed by atoms with van der Waals surface area (Å²) in [7, 11) is 1.60. The molecule has 0 aliphatic rings. The van der Waals surface area contributed by atoms with Gasteiger partial charge in [0.1, 0.15) is 11.5 Å². The summed E-state index contributed by atoms with van der Waals surface area (Å²) >= 11 is 1.37. The van der Waals surface area contributed by atoms with E-state index in [1.165, 1.54) is 11.3 Å². The van der Waals surface area contributed by atoms with Gasteiger partial charge < -0.3 is 9.47 Å². The van der Waals surface area contributed by atoms with E-state index in [-0.39, 0.29) is 18.3 Å². The minimum Gasteiger partial charge on any atom is -0.497 e. The molecule has 6 nitrogen and oxygen atoms in total. The van der Waals surface area contributed by atoms with Crippen molar-refractivity contribution in [1.29, 1.82) is 0 Å². The number of rotatable bonds is 7. The van der Waals surface area contributed by atoms with Gasteiger partial charge in [0.05, 0.1) is 17.3 Å². The largest absolute Gasteiger partial charge is 0.497 e. The second-order valence-electron chi connectivity index (χ2n) is 5.49. The molecule has 0 spiro atoms. The molecule has 0 bridgehead atoms. The third-order valence-corrected chi connectivity index (χ3v) is 4.64. The number of thiazole rings is 1. The van der Waals surface area contributed by atoms with E-state index in [1.54, 1.807) is 31.4 Å². The van der Waals surface area contributed by atoms with Crippen molar-refractivity contribution in [3.8, 4) is 11.5 Å². The molecule has 0 radical (unpaired) electrons. The fourth-order valence-electron chi connectivity index (χ4n) is 2.33. The van der Waals surface area contributed by atoms with E-state index in [2.05, 4.69) is 10.3 Å². The van der Waals surface area contributed by atoms with E-state index in [1.807, 2.05) is 25.1 Å². The highest BCUT2D eigenvalue weighted by Crippen LogP contribution is 2.29. The Balaban J connectivity index is 1.58. The first-order chi connectivity index (χ1) is 12.6. The summed E-state index contributed by atoms with van der Waals surface area (Å²) < 4.78 is 11.6. The monoisotopic (exact) mass is 370 g/mol. The second kappa shape index (κ2) is 7.97. The van der Waals surface area contributed by atoms with Gasteiger partial charge in [-0.05, 0) is 42.5 Å². The number of nitrogens with one attached hydrogen (secondary N) is 1. The first-order valence-electron chi connectivity index (χ1n) is 8.09. The summed E-state index contributed by atoms with van der Waals surface area (Å²) in [4.78, 5) is 28.0. The molecule has 1 amide bonds. The lowest BCUT2D eigenvalue weighted by atomic mass is 10.1. The van der Waals surface area contributed by atoms with Crippen molar-refractivity contribution < 1.29 is 19.1 Å². The van der Waals surface area contributed by atoms with Crippen LogP contribution in [0, 0.1) is 0 Å². The van der Waals surface area contributed by atoms with Gasteiger partial charge in [0, 0.05) is 12.0 Å². The van der Waals surface area contributed by atoms with Gasteiger partial charge in [-0.3, -0.25) is 14.9 Å². The second-order valence-corrected chi connectivity index (χ2v) is 6.52. The van der Waals surface area contributed by atoms with Crippen LogP contribution in [-0.2, 0) is 4.79 Å². The van der Waals surface area contributed by atoms with Crippen molar-refractivity contribution in [1.82, 2.24) is 4.98 Å². The first-order valence-corrected chi connectivity index (χ1v) is 8.91. The van der Waals surface area contributed by atoms with Crippen molar-refractivity contribution in [2.45, 2.75) is 13.3 Å². The molecule has 0 saturated heterocycles. The molecule has 3 rings (SSSR count). The van der Waals surface area contributed by atoms with Crippen molar-refractivity contribution in [3.63, 3.8) is 0 Å². The Labute approximate surface area is 154 Å². The van der Waals surface area contributed by atoms with E-state index in [4.69, 9.17) is 9.47 Å². The number of methoxy groups -OCH3 is 1. The molecule has 1 N–H and O–H groups in total. The molecule has 0 unspecified atom stereocenters. The zero-order valence-corrected chi connectivity index (χ0v) is 15.3. The number of nitrogens with zero attached hydrogens (tertiary/aromatic N) is 1. The van der Waals surface area contributed by atoms with E-state index in [0.29, 0.717) is 22.9 Å². The average molecular weight is 370 g/mol. The summed E-state index contributed by atoms with van der Waals surface area (Å²) in [5.74, 6) is 1.04. The predicted octanol–water partition coefficient (Wildman–Crippen LogP) is 3.92.